The molecule has 0 bridgehead atoms. The highest BCUT2D eigenvalue weighted by atomic mass is 32.1. The summed E-state index contributed by atoms with van der Waals surface area (Å²) in [6.45, 7) is 0. The van der Waals surface area contributed by atoms with Crippen LogP contribution in [-0.2, 0) is 0 Å². The van der Waals surface area contributed by atoms with Crippen molar-refractivity contribution in [2.24, 2.45) is 5.73 Å². The van der Waals surface area contributed by atoms with Crippen LogP contribution in [0.3, 0.4) is 0 Å². The molecule has 1 aliphatic rings. The molecule has 0 amide bonds. The predicted octanol–water partition coefficient (Wildman–Crippen LogP) is 3.37. The zero-order valence-corrected chi connectivity index (χ0v) is 9.15. The van der Waals surface area contributed by atoms with E-state index in [1.807, 2.05) is 11.3 Å². The lowest BCUT2D eigenvalue weighted by Gasteiger charge is -2.19. The molecule has 1 aliphatic carbocycles. The molecule has 74 valence electrons. The molecule has 0 unspecified atom stereocenters. The van der Waals surface area contributed by atoms with Gasteiger partial charge in [0.2, 0.25) is 0 Å². The van der Waals surface area contributed by atoms with E-state index in [0.717, 1.165) is 5.92 Å². The Morgan fingerprint density at radius 2 is 1.92 bits per heavy atom. The summed E-state index contributed by atoms with van der Waals surface area (Å²) in [6.07, 6.45) is 7.22. The van der Waals surface area contributed by atoms with Crippen LogP contribution in [0.4, 0.5) is 0 Å². The van der Waals surface area contributed by atoms with Gasteiger partial charge in [-0.15, -0.1) is 11.3 Å². The van der Waals surface area contributed by atoms with Gasteiger partial charge in [-0.2, -0.15) is 0 Å². The highest BCUT2D eigenvalue weighted by Crippen LogP contribution is 2.34. The summed E-state index contributed by atoms with van der Waals surface area (Å²) >= 11 is 1.93. The van der Waals surface area contributed by atoms with Crippen LogP contribution in [0.5, 0.6) is 0 Å². The molecule has 0 aromatic carbocycles. The minimum Gasteiger partial charge on any atom is -0.333 e. The molecule has 1 nitrogen and oxygen atoms in total. The Morgan fingerprint density at radius 3 is 2.46 bits per heavy atom. The van der Waals surface area contributed by atoms with Crippen molar-refractivity contribution in [2.75, 3.05) is 7.05 Å². The Bertz CT molecular complexity index is 200. The molecule has 0 saturated heterocycles. The van der Waals surface area contributed by atoms with Gasteiger partial charge >= 0.3 is 0 Å². The lowest BCUT2D eigenvalue weighted by molar-refractivity contribution is 0.448. The van der Waals surface area contributed by atoms with Crippen molar-refractivity contribution in [2.45, 2.75) is 38.0 Å². The summed E-state index contributed by atoms with van der Waals surface area (Å²) in [4.78, 5) is 1.62. The third-order valence-corrected chi connectivity index (χ3v) is 3.59. The third kappa shape index (κ3) is 3.12. The summed E-state index contributed by atoms with van der Waals surface area (Å²) in [5, 5.41) is 2.20. The lowest BCUT2D eigenvalue weighted by atomic mass is 9.88. The molecule has 0 radical (unpaired) electrons. The second-order valence-corrected chi connectivity index (χ2v) is 4.33. The van der Waals surface area contributed by atoms with Crippen molar-refractivity contribution in [3.63, 3.8) is 0 Å². The van der Waals surface area contributed by atoms with E-state index >= 15 is 0 Å². The summed E-state index contributed by atoms with van der Waals surface area (Å²) in [7, 11) is 1.50. The van der Waals surface area contributed by atoms with E-state index in [0.29, 0.717) is 0 Å². The Hall–Kier alpha value is -0.340. The van der Waals surface area contributed by atoms with Crippen molar-refractivity contribution < 1.29 is 0 Å². The molecule has 1 fully saturated rings. The maximum atomic E-state index is 4.50. The normalized spacial score (nSPS) is 17.7. The molecule has 0 atom stereocenters. The molecular weight excluding hydrogens is 178 g/mol. The van der Waals surface area contributed by atoms with Crippen molar-refractivity contribution in [3.8, 4) is 0 Å². The minimum absolute atomic E-state index is 0.906. The molecular formula is C11H19NS. The van der Waals surface area contributed by atoms with Gasteiger partial charge in [-0.05, 0) is 37.3 Å². The van der Waals surface area contributed by atoms with E-state index in [1.54, 1.807) is 4.88 Å². The molecule has 1 aromatic rings. The van der Waals surface area contributed by atoms with Gasteiger partial charge in [0, 0.05) is 4.88 Å². The summed E-state index contributed by atoms with van der Waals surface area (Å²) in [6, 6.07) is 4.47. The van der Waals surface area contributed by atoms with Crippen molar-refractivity contribution in [1.29, 1.82) is 0 Å². The smallest absolute Gasteiger partial charge is 0.00761 e. The van der Waals surface area contributed by atoms with Crippen molar-refractivity contribution in [1.82, 2.24) is 0 Å². The quantitative estimate of drug-likeness (QED) is 0.734. The Kier molecular flexibility index (Phi) is 5.09. The van der Waals surface area contributed by atoms with Gasteiger partial charge in [0.25, 0.3) is 0 Å². The lowest BCUT2D eigenvalue weighted by Crippen LogP contribution is -2.01. The summed E-state index contributed by atoms with van der Waals surface area (Å²) < 4.78 is 0. The van der Waals surface area contributed by atoms with Crippen LogP contribution in [0, 0.1) is 0 Å². The average Bonchev–Trinajstić information content (AvgIpc) is 2.75. The third-order valence-electron chi connectivity index (χ3n) is 2.55. The van der Waals surface area contributed by atoms with Gasteiger partial charge in [-0.25, -0.2) is 0 Å². The highest BCUT2D eigenvalue weighted by Gasteiger charge is 2.15. The number of nitrogens with two attached hydrogens (primary N) is 1. The number of rotatable bonds is 1. The molecule has 1 aromatic heterocycles. The fraction of sp³-hybridized carbons (Fsp3) is 0.636. The first kappa shape index (κ1) is 10.7. The molecule has 0 aliphatic heterocycles. The number of thiophene rings is 1. The first-order chi connectivity index (χ1) is 6.47. The molecule has 2 N–H and O–H groups in total. The van der Waals surface area contributed by atoms with E-state index in [1.165, 1.54) is 39.2 Å². The van der Waals surface area contributed by atoms with Crippen LogP contribution >= 0.6 is 11.3 Å². The van der Waals surface area contributed by atoms with Crippen LogP contribution in [0.1, 0.15) is 42.9 Å². The SMILES string of the molecule is CN.c1csc(C2CCCCC2)c1. The highest BCUT2D eigenvalue weighted by molar-refractivity contribution is 7.10. The van der Waals surface area contributed by atoms with Crippen LogP contribution in [-0.4, -0.2) is 7.05 Å². The largest absolute Gasteiger partial charge is 0.333 e. The van der Waals surface area contributed by atoms with E-state index in [4.69, 9.17) is 0 Å². The zero-order chi connectivity index (χ0) is 9.52. The van der Waals surface area contributed by atoms with Gasteiger partial charge in [0.15, 0.2) is 0 Å². The Morgan fingerprint density at radius 1 is 1.23 bits per heavy atom. The fourth-order valence-electron chi connectivity index (χ4n) is 1.91. The predicted molar refractivity (Wildman–Crippen MR) is 60.3 cm³/mol. The van der Waals surface area contributed by atoms with Crippen molar-refractivity contribution >= 4 is 11.3 Å². The number of hydrogen-bond acceptors (Lipinski definition) is 2. The molecule has 0 spiro atoms. The van der Waals surface area contributed by atoms with Gasteiger partial charge in [0.05, 0.1) is 0 Å². The Balaban J connectivity index is 0.000000396. The first-order valence-corrected chi connectivity index (χ1v) is 5.96. The Labute approximate surface area is 85.0 Å². The van der Waals surface area contributed by atoms with E-state index in [2.05, 4.69) is 23.2 Å². The average molecular weight is 197 g/mol. The molecule has 2 rings (SSSR count). The molecule has 1 saturated carbocycles. The maximum absolute atomic E-state index is 4.50. The maximum Gasteiger partial charge on any atom is 0.00761 e. The first-order valence-electron chi connectivity index (χ1n) is 5.08. The summed E-state index contributed by atoms with van der Waals surface area (Å²) in [5.41, 5.74) is 4.50. The van der Waals surface area contributed by atoms with Crippen LogP contribution in [0.15, 0.2) is 17.5 Å². The van der Waals surface area contributed by atoms with E-state index in [-0.39, 0.29) is 0 Å². The summed E-state index contributed by atoms with van der Waals surface area (Å²) in [5.74, 6) is 0.906. The molecule has 2 heteroatoms. The van der Waals surface area contributed by atoms with Gasteiger partial charge in [0.1, 0.15) is 0 Å². The second-order valence-electron chi connectivity index (χ2n) is 3.35. The molecule has 1 heterocycles. The molecule has 13 heavy (non-hydrogen) atoms. The van der Waals surface area contributed by atoms with Crippen LogP contribution in [0.25, 0.3) is 0 Å². The van der Waals surface area contributed by atoms with Gasteiger partial charge < -0.3 is 5.73 Å². The zero-order valence-electron chi connectivity index (χ0n) is 8.33. The standard InChI is InChI=1S/C10H14S.CH5N/c1-2-5-9(6-3-1)10-7-4-8-11-10;1-2/h4,7-9H,1-3,5-6H2;2H2,1H3. The van der Waals surface area contributed by atoms with Crippen LogP contribution < -0.4 is 5.73 Å². The van der Waals surface area contributed by atoms with E-state index in [9.17, 15) is 0 Å². The topological polar surface area (TPSA) is 26.0 Å². The van der Waals surface area contributed by atoms with Crippen LogP contribution in [0.2, 0.25) is 0 Å². The second kappa shape index (κ2) is 6.17. The van der Waals surface area contributed by atoms with E-state index < -0.39 is 0 Å². The fourth-order valence-corrected chi connectivity index (χ4v) is 2.81. The minimum atomic E-state index is 0.906. The van der Waals surface area contributed by atoms with Gasteiger partial charge in [-0.3, -0.25) is 0 Å². The van der Waals surface area contributed by atoms with Crippen molar-refractivity contribution in [3.05, 3.63) is 22.4 Å². The monoisotopic (exact) mass is 197 g/mol. The van der Waals surface area contributed by atoms with Gasteiger partial charge in [-0.1, -0.05) is 25.3 Å². The number of hydrogen-bond donors (Lipinski definition) is 1.